The highest BCUT2D eigenvalue weighted by Gasteiger charge is 2.33. The lowest BCUT2D eigenvalue weighted by Gasteiger charge is -2.36. The Kier molecular flexibility index (Phi) is 8.26. The van der Waals surface area contributed by atoms with Gasteiger partial charge in [0.2, 0.25) is 0 Å². The van der Waals surface area contributed by atoms with Crippen molar-refractivity contribution in [2.45, 2.75) is 39.7 Å². The molecule has 0 saturated carbocycles. The van der Waals surface area contributed by atoms with Crippen LogP contribution in [0.5, 0.6) is 0 Å². The number of likely N-dealkylation sites (tertiary alicyclic amines) is 1. The first-order valence-electron chi connectivity index (χ1n) is 8.01. The lowest BCUT2D eigenvalue weighted by Crippen LogP contribution is -2.47. The number of aliphatic imine (C=N–C) groups is 1. The summed E-state index contributed by atoms with van der Waals surface area (Å²) in [4.78, 5) is 7.27. The Labute approximate surface area is 146 Å². The number of nitrogens with one attached hydrogen (secondary N) is 2. The highest BCUT2D eigenvalue weighted by Crippen LogP contribution is 2.26. The summed E-state index contributed by atoms with van der Waals surface area (Å²) >= 11 is 0. The first-order chi connectivity index (χ1) is 9.67. The molecule has 6 heteroatoms. The summed E-state index contributed by atoms with van der Waals surface area (Å²) in [6, 6.07) is 0.659. The summed E-state index contributed by atoms with van der Waals surface area (Å²) in [6.07, 6.45) is 2.62. The first-order valence-corrected chi connectivity index (χ1v) is 8.01. The standard InChI is InChI=1S/C15H30N4O.HI/c1-4-16-14(18-10-15(3)11-20-12-15)17-9-13-7-6-8-19(13)5-2;/h13H,4-12H2,1-3H3,(H2,16,17,18);1H. The Balaban J connectivity index is 0.00000220. The number of nitrogens with zero attached hydrogens (tertiary/aromatic N) is 2. The van der Waals surface area contributed by atoms with Crippen molar-refractivity contribution in [3.8, 4) is 0 Å². The molecule has 5 nitrogen and oxygen atoms in total. The van der Waals surface area contributed by atoms with E-state index in [1.165, 1.54) is 19.4 Å². The highest BCUT2D eigenvalue weighted by atomic mass is 127. The van der Waals surface area contributed by atoms with Crippen molar-refractivity contribution in [2.75, 3.05) is 45.9 Å². The van der Waals surface area contributed by atoms with Crippen LogP contribution in [0.15, 0.2) is 4.99 Å². The van der Waals surface area contributed by atoms with Crippen LogP contribution in [0.1, 0.15) is 33.6 Å². The fourth-order valence-corrected chi connectivity index (χ4v) is 2.91. The summed E-state index contributed by atoms with van der Waals surface area (Å²) < 4.78 is 5.28. The minimum absolute atomic E-state index is 0. The molecule has 2 aliphatic rings. The molecule has 124 valence electrons. The zero-order valence-electron chi connectivity index (χ0n) is 13.7. The van der Waals surface area contributed by atoms with Gasteiger partial charge in [0.15, 0.2) is 5.96 Å². The van der Waals surface area contributed by atoms with Crippen LogP contribution in [0.2, 0.25) is 0 Å². The second-order valence-corrected chi connectivity index (χ2v) is 6.30. The van der Waals surface area contributed by atoms with Crippen molar-refractivity contribution in [3.05, 3.63) is 0 Å². The molecule has 2 rings (SSSR count). The summed E-state index contributed by atoms with van der Waals surface area (Å²) in [6.45, 7) is 13.4. The van der Waals surface area contributed by atoms with Crippen molar-refractivity contribution in [1.82, 2.24) is 15.5 Å². The van der Waals surface area contributed by atoms with Gasteiger partial charge in [0, 0.05) is 24.5 Å². The molecule has 0 radical (unpaired) electrons. The largest absolute Gasteiger partial charge is 0.380 e. The molecule has 21 heavy (non-hydrogen) atoms. The van der Waals surface area contributed by atoms with Gasteiger partial charge in [-0.1, -0.05) is 13.8 Å². The maximum atomic E-state index is 5.28. The quantitative estimate of drug-likeness (QED) is 0.398. The Morgan fingerprint density at radius 1 is 1.33 bits per heavy atom. The van der Waals surface area contributed by atoms with Crippen molar-refractivity contribution in [2.24, 2.45) is 10.4 Å². The molecule has 0 aromatic carbocycles. The molecule has 2 saturated heterocycles. The SMILES string of the molecule is CCNC(=NCC1(C)COC1)NCC1CCCN1CC.I. The van der Waals surface area contributed by atoms with Crippen molar-refractivity contribution < 1.29 is 4.74 Å². The third-order valence-electron chi connectivity index (χ3n) is 4.27. The molecule has 1 unspecified atom stereocenters. The minimum Gasteiger partial charge on any atom is -0.380 e. The van der Waals surface area contributed by atoms with E-state index in [2.05, 4.69) is 36.3 Å². The van der Waals surface area contributed by atoms with E-state index in [1.54, 1.807) is 0 Å². The van der Waals surface area contributed by atoms with Crippen LogP contribution < -0.4 is 10.6 Å². The van der Waals surface area contributed by atoms with Crippen molar-refractivity contribution in [1.29, 1.82) is 0 Å². The number of guanidine groups is 1. The Morgan fingerprint density at radius 2 is 2.10 bits per heavy atom. The van der Waals surface area contributed by atoms with Crippen LogP contribution in [-0.4, -0.2) is 62.8 Å². The van der Waals surface area contributed by atoms with E-state index in [0.29, 0.717) is 6.04 Å². The summed E-state index contributed by atoms with van der Waals surface area (Å²) in [5.74, 6) is 0.948. The van der Waals surface area contributed by atoms with E-state index in [9.17, 15) is 0 Å². The van der Waals surface area contributed by atoms with E-state index in [1.807, 2.05) is 0 Å². The predicted octanol–water partition coefficient (Wildman–Crippen LogP) is 1.68. The van der Waals surface area contributed by atoms with Gasteiger partial charge in [-0.05, 0) is 32.9 Å². The molecular formula is C15H31IN4O. The molecule has 0 aromatic heterocycles. The number of likely N-dealkylation sites (N-methyl/N-ethyl adjacent to an activating group) is 1. The topological polar surface area (TPSA) is 48.9 Å². The number of hydrogen-bond acceptors (Lipinski definition) is 3. The van der Waals surface area contributed by atoms with E-state index in [4.69, 9.17) is 9.73 Å². The fourth-order valence-electron chi connectivity index (χ4n) is 2.91. The minimum atomic E-state index is 0. The van der Waals surface area contributed by atoms with Crippen LogP contribution in [-0.2, 0) is 4.74 Å². The number of halogens is 1. The van der Waals surface area contributed by atoms with E-state index < -0.39 is 0 Å². The Morgan fingerprint density at radius 3 is 2.67 bits per heavy atom. The maximum Gasteiger partial charge on any atom is 0.191 e. The van der Waals surface area contributed by atoms with Gasteiger partial charge in [0.25, 0.3) is 0 Å². The zero-order chi connectivity index (χ0) is 14.4. The average Bonchev–Trinajstić information content (AvgIpc) is 2.87. The summed E-state index contributed by atoms with van der Waals surface area (Å²) in [5, 5.41) is 6.84. The third kappa shape index (κ3) is 5.56. The first kappa shape index (κ1) is 19.0. The molecule has 2 heterocycles. The number of hydrogen-bond donors (Lipinski definition) is 2. The van der Waals surface area contributed by atoms with E-state index >= 15 is 0 Å². The molecule has 0 aromatic rings. The third-order valence-corrected chi connectivity index (χ3v) is 4.27. The molecular weight excluding hydrogens is 379 g/mol. The van der Waals surface area contributed by atoms with Gasteiger partial charge in [0.1, 0.15) is 0 Å². The van der Waals surface area contributed by atoms with Gasteiger partial charge in [-0.25, -0.2) is 0 Å². The monoisotopic (exact) mass is 410 g/mol. The lowest BCUT2D eigenvalue weighted by atomic mass is 9.89. The Bertz CT molecular complexity index is 334. The van der Waals surface area contributed by atoms with Gasteiger partial charge in [-0.15, -0.1) is 24.0 Å². The highest BCUT2D eigenvalue weighted by molar-refractivity contribution is 14.0. The molecule has 0 bridgehead atoms. The summed E-state index contributed by atoms with van der Waals surface area (Å²) in [5.41, 5.74) is 0.241. The van der Waals surface area contributed by atoms with Crippen LogP contribution in [0.3, 0.4) is 0 Å². The molecule has 0 aliphatic carbocycles. The zero-order valence-corrected chi connectivity index (χ0v) is 16.0. The molecule has 2 fully saturated rings. The average molecular weight is 410 g/mol. The van der Waals surface area contributed by atoms with Crippen molar-refractivity contribution >= 4 is 29.9 Å². The molecule has 2 N–H and O–H groups in total. The maximum absolute atomic E-state index is 5.28. The molecule has 0 spiro atoms. The summed E-state index contributed by atoms with van der Waals surface area (Å²) in [7, 11) is 0. The van der Waals surface area contributed by atoms with Gasteiger partial charge in [0.05, 0.1) is 19.8 Å². The smallest absolute Gasteiger partial charge is 0.191 e. The second kappa shape index (κ2) is 9.15. The lowest BCUT2D eigenvalue weighted by molar-refractivity contribution is -0.0945. The molecule has 0 amide bonds. The Hall–Kier alpha value is -0.0800. The van der Waals surface area contributed by atoms with Crippen LogP contribution in [0.25, 0.3) is 0 Å². The number of ether oxygens (including phenoxy) is 1. The van der Waals surface area contributed by atoms with Gasteiger partial charge >= 0.3 is 0 Å². The number of rotatable bonds is 6. The van der Waals surface area contributed by atoms with Crippen LogP contribution >= 0.6 is 24.0 Å². The van der Waals surface area contributed by atoms with Gasteiger partial charge < -0.3 is 15.4 Å². The predicted molar refractivity (Wildman–Crippen MR) is 98.6 cm³/mol. The van der Waals surface area contributed by atoms with Gasteiger partial charge in [-0.2, -0.15) is 0 Å². The van der Waals surface area contributed by atoms with E-state index in [-0.39, 0.29) is 29.4 Å². The second-order valence-electron chi connectivity index (χ2n) is 6.30. The van der Waals surface area contributed by atoms with Crippen LogP contribution in [0, 0.1) is 5.41 Å². The van der Waals surface area contributed by atoms with E-state index in [0.717, 1.165) is 45.4 Å². The van der Waals surface area contributed by atoms with Crippen LogP contribution in [0.4, 0.5) is 0 Å². The van der Waals surface area contributed by atoms with Gasteiger partial charge in [-0.3, -0.25) is 9.89 Å². The normalized spacial score (nSPS) is 25.1. The molecule has 2 aliphatic heterocycles. The molecule has 1 atom stereocenters. The fraction of sp³-hybridized carbons (Fsp3) is 0.933. The van der Waals surface area contributed by atoms with Crippen molar-refractivity contribution in [3.63, 3.8) is 0 Å².